The number of ketones is 1. The van der Waals surface area contributed by atoms with Crippen molar-refractivity contribution in [2.45, 2.75) is 70.4 Å². The number of hydrogen-bond acceptors (Lipinski definition) is 3. The molecule has 0 unspecified atom stereocenters. The average molecular weight is 212 g/mol. The quantitative estimate of drug-likeness (QED) is 0.669. The van der Waals surface area contributed by atoms with Gasteiger partial charge >= 0.3 is 0 Å². The second kappa shape index (κ2) is 4.22. The van der Waals surface area contributed by atoms with Crippen molar-refractivity contribution in [3.8, 4) is 0 Å². The van der Waals surface area contributed by atoms with Crippen molar-refractivity contribution in [1.82, 2.24) is 0 Å². The highest BCUT2D eigenvalue weighted by atomic mass is 16.7. The predicted octanol–water partition coefficient (Wildman–Crippen LogP) is 2.43. The molecule has 2 aliphatic heterocycles. The molecule has 3 atom stereocenters. The second-order valence-corrected chi connectivity index (χ2v) is 4.80. The van der Waals surface area contributed by atoms with Crippen LogP contribution in [0.2, 0.25) is 0 Å². The summed E-state index contributed by atoms with van der Waals surface area (Å²) >= 11 is 0. The van der Waals surface area contributed by atoms with E-state index in [1.54, 1.807) is 0 Å². The van der Waals surface area contributed by atoms with Crippen LogP contribution in [-0.2, 0) is 14.3 Å². The van der Waals surface area contributed by atoms with E-state index in [0.29, 0.717) is 18.6 Å². The van der Waals surface area contributed by atoms with Crippen LogP contribution in [0, 0.1) is 0 Å². The molecule has 86 valence electrons. The van der Waals surface area contributed by atoms with Crippen molar-refractivity contribution in [2.24, 2.45) is 0 Å². The van der Waals surface area contributed by atoms with Gasteiger partial charge in [-0.3, -0.25) is 4.79 Å². The molecule has 2 heterocycles. The number of rotatable bonds is 1. The third-order valence-electron chi connectivity index (χ3n) is 3.34. The van der Waals surface area contributed by atoms with Gasteiger partial charge in [-0.25, -0.2) is 0 Å². The van der Waals surface area contributed by atoms with Gasteiger partial charge in [-0.15, -0.1) is 0 Å². The Bertz CT molecular complexity index is 251. The fourth-order valence-corrected chi connectivity index (χ4v) is 2.60. The molecule has 2 saturated heterocycles. The van der Waals surface area contributed by atoms with Gasteiger partial charge in [-0.2, -0.15) is 0 Å². The summed E-state index contributed by atoms with van der Waals surface area (Å²) < 4.78 is 11.8. The summed E-state index contributed by atoms with van der Waals surface area (Å²) in [5.74, 6) is -0.282. The summed E-state index contributed by atoms with van der Waals surface area (Å²) in [5.41, 5.74) is 0. The molecular formula is C12H20O3. The second-order valence-electron chi connectivity index (χ2n) is 4.80. The molecule has 0 radical (unpaired) electrons. The van der Waals surface area contributed by atoms with Crippen LogP contribution in [0.3, 0.4) is 0 Å². The molecule has 2 rings (SSSR count). The fourth-order valence-electron chi connectivity index (χ4n) is 2.60. The minimum atomic E-state index is -0.576. The number of ether oxygens (including phenoxy) is 2. The molecule has 0 aliphatic carbocycles. The SMILES string of the molecule is CC[C@@H]1CC(=O)C[C@@]2(CCC[C@H](C)O2)O1. The van der Waals surface area contributed by atoms with E-state index in [0.717, 1.165) is 25.7 Å². The van der Waals surface area contributed by atoms with E-state index >= 15 is 0 Å². The van der Waals surface area contributed by atoms with E-state index in [-0.39, 0.29) is 12.2 Å². The molecule has 0 aromatic heterocycles. The first-order chi connectivity index (χ1) is 7.13. The van der Waals surface area contributed by atoms with Gasteiger partial charge in [0.15, 0.2) is 5.79 Å². The summed E-state index contributed by atoms with van der Waals surface area (Å²) in [4.78, 5) is 11.7. The molecule has 3 heteroatoms. The fraction of sp³-hybridized carbons (Fsp3) is 0.917. The molecule has 0 aromatic rings. The van der Waals surface area contributed by atoms with Crippen LogP contribution in [-0.4, -0.2) is 23.8 Å². The average Bonchev–Trinajstić information content (AvgIpc) is 2.15. The molecule has 0 N–H and O–H groups in total. The van der Waals surface area contributed by atoms with E-state index in [1.807, 2.05) is 0 Å². The van der Waals surface area contributed by atoms with Crippen LogP contribution < -0.4 is 0 Å². The van der Waals surface area contributed by atoms with Gasteiger partial charge in [0.25, 0.3) is 0 Å². The monoisotopic (exact) mass is 212 g/mol. The molecule has 0 aromatic carbocycles. The Morgan fingerprint density at radius 3 is 2.93 bits per heavy atom. The zero-order valence-corrected chi connectivity index (χ0v) is 9.62. The Kier molecular flexibility index (Phi) is 3.12. The lowest BCUT2D eigenvalue weighted by Crippen LogP contribution is -2.50. The van der Waals surface area contributed by atoms with Crippen LogP contribution in [0.5, 0.6) is 0 Å². The lowest BCUT2D eigenvalue weighted by Gasteiger charge is -2.44. The highest BCUT2D eigenvalue weighted by Crippen LogP contribution is 2.38. The summed E-state index contributed by atoms with van der Waals surface area (Å²) in [6.07, 6.45) is 5.26. The first-order valence-electron chi connectivity index (χ1n) is 6.01. The van der Waals surface area contributed by atoms with Crippen LogP contribution >= 0.6 is 0 Å². The van der Waals surface area contributed by atoms with E-state index in [1.165, 1.54) is 0 Å². The topological polar surface area (TPSA) is 35.5 Å². The molecular weight excluding hydrogens is 192 g/mol. The van der Waals surface area contributed by atoms with Crippen molar-refractivity contribution in [3.63, 3.8) is 0 Å². The maximum atomic E-state index is 11.7. The van der Waals surface area contributed by atoms with E-state index in [2.05, 4.69) is 13.8 Å². The van der Waals surface area contributed by atoms with Gasteiger partial charge in [-0.1, -0.05) is 6.92 Å². The van der Waals surface area contributed by atoms with Crippen LogP contribution in [0.1, 0.15) is 52.4 Å². The third kappa shape index (κ3) is 2.40. The Balaban J connectivity index is 2.08. The van der Waals surface area contributed by atoms with Gasteiger partial charge in [0, 0.05) is 12.8 Å². The summed E-state index contributed by atoms with van der Waals surface area (Å²) in [7, 11) is 0. The summed E-state index contributed by atoms with van der Waals surface area (Å²) in [6.45, 7) is 4.12. The Morgan fingerprint density at radius 1 is 1.47 bits per heavy atom. The highest BCUT2D eigenvalue weighted by Gasteiger charge is 2.44. The molecule has 1 spiro atoms. The van der Waals surface area contributed by atoms with Crippen molar-refractivity contribution < 1.29 is 14.3 Å². The lowest BCUT2D eigenvalue weighted by molar-refractivity contribution is -0.303. The maximum Gasteiger partial charge on any atom is 0.175 e. The molecule has 15 heavy (non-hydrogen) atoms. The summed E-state index contributed by atoms with van der Waals surface area (Å²) in [5, 5.41) is 0. The molecule has 0 saturated carbocycles. The lowest BCUT2D eigenvalue weighted by atomic mass is 9.92. The maximum absolute atomic E-state index is 11.7. The third-order valence-corrected chi connectivity index (χ3v) is 3.34. The van der Waals surface area contributed by atoms with Gasteiger partial charge in [-0.05, 0) is 26.2 Å². The minimum Gasteiger partial charge on any atom is -0.347 e. The summed E-state index contributed by atoms with van der Waals surface area (Å²) in [6, 6.07) is 0. The van der Waals surface area contributed by atoms with Crippen LogP contribution in [0.15, 0.2) is 0 Å². The first kappa shape index (κ1) is 11.1. The van der Waals surface area contributed by atoms with E-state index < -0.39 is 5.79 Å². The standard InChI is InChI=1S/C12H20O3/c1-3-11-7-10(13)8-12(15-11)6-4-5-9(2)14-12/h9,11H,3-8H2,1-2H3/t9-,11+,12+/m0/s1. The van der Waals surface area contributed by atoms with E-state index in [4.69, 9.17) is 9.47 Å². The Hall–Kier alpha value is -0.410. The Morgan fingerprint density at radius 2 is 2.27 bits per heavy atom. The zero-order valence-electron chi connectivity index (χ0n) is 9.62. The van der Waals surface area contributed by atoms with Gasteiger partial charge in [0.05, 0.1) is 18.6 Å². The van der Waals surface area contributed by atoms with Crippen molar-refractivity contribution in [3.05, 3.63) is 0 Å². The minimum absolute atomic E-state index is 0.0662. The largest absolute Gasteiger partial charge is 0.347 e. The van der Waals surface area contributed by atoms with Gasteiger partial charge < -0.3 is 9.47 Å². The normalized spacial score (nSPS) is 42.1. The first-order valence-corrected chi connectivity index (χ1v) is 6.01. The number of Topliss-reactive ketones (excluding diaryl/α,β-unsaturated/α-hetero) is 1. The van der Waals surface area contributed by atoms with Gasteiger partial charge in [0.1, 0.15) is 5.78 Å². The number of carbonyl (C=O) groups excluding carboxylic acids is 1. The Labute approximate surface area is 91.1 Å². The molecule has 0 bridgehead atoms. The molecule has 3 nitrogen and oxygen atoms in total. The number of carbonyl (C=O) groups is 1. The predicted molar refractivity (Wildman–Crippen MR) is 56.5 cm³/mol. The zero-order chi connectivity index (χ0) is 10.9. The van der Waals surface area contributed by atoms with Crippen LogP contribution in [0.4, 0.5) is 0 Å². The smallest absolute Gasteiger partial charge is 0.175 e. The van der Waals surface area contributed by atoms with E-state index in [9.17, 15) is 4.79 Å². The van der Waals surface area contributed by atoms with Crippen molar-refractivity contribution >= 4 is 5.78 Å². The van der Waals surface area contributed by atoms with Crippen LogP contribution in [0.25, 0.3) is 0 Å². The number of hydrogen-bond donors (Lipinski definition) is 0. The molecule has 2 aliphatic rings. The highest BCUT2D eigenvalue weighted by molar-refractivity contribution is 5.80. The van der Waals surface area contributed by atoms with Crippen molar-refractivity contribution in [2.75, 3.05) is 0 Å². The van der Waals surface area contributed by atoms with Gasteiger partial charge in [0.2, 0.25) is 0 Å². The van der Waals surface area contributed by atoms with Crippen molar-refractivity contribution in [1.29, 1.82) is 0 Å². The molecule has 2 fully saturated rings. The molecule has 0 amide bonds.